The predicted octanol–water partition coefficient (Wildman–Crippen LogP) is 1.60. The zero-order chi connectivity index (χ0) is 17.4. The summed E-state index contributed by atoms with van der Waals surface area (Å²) in [6.07, 6.45) is 4.64. The average Bonchev–Trinajstić information content (AvgIpc) is 2.60. The molecule has 2 atom stereocenters. The maximum Gasteiger partial charge on any atom is 0.188 e. The van der Waals surface area contributed by atoms with Gasteiger partial charge in [0, 0.05) is 44.2 Å². The van der Waals surface area contributed by atoms with Crippen LogP contribution in [0.25, 0.3) is 0 Å². The summed E-state index contributed by atoms with van der Waals surface area (Å²) in [4.78, 5) is 6.95. The minimum absolute atomic E-state index is 0.198. The summed E-state index contributed by atoms with van der Waals surface area (Å²) in [7, 11) is 0. The zero-order valence-electron chi connectivity index (χ0n) is 15.7. The normalized spacial score (nSPS) is 27.7. The van der Waals surface area contributed by atoms with Gasteiger partial charge in [-0.2, -0.15) is 0 Å². The molecule has 1 saturated carbocycles. The van der Waals surface area contributed by atoms with Gasteiger partial charge in [0.05, 0.1) is 19.3 Å². The molecule has 0 spiro atoms. The molecule has 6 nitrogen and oxygen atoms in total. The molecule has 1 heterocycles. The van der Waals surface area contributed by atoms with Gasteiger partial charge in [-0.1, -0.05) is 13.8 Å². The predicted molar refractivity (Wildman–Crippen MR) is 98.3 cm³/mol. The highest BCUT2D eigenvalue weighted by atomic mass is 16.5. The molecule has 2 rings (SSSR count). The van der Waals surface area contributed by atoms with Gasteiger partial charge in [-0.15, -0.1) is 0 Å². The van der Waals surface area contributed by atoms with E-state index in [4.69, 9.17) is 15.2 Å². The van der Waals surface area contributed by atoms with E-state index < -0.39 is 0 Å². The van der Waals surface area contributed by atoms with Crippen molar-refractivity contribution in [3.63, 3.8) is 0 Å². The number of nitrogens with one attached hydrogen (secondary N) is 1. The number of nitrogens with two attached hydrogens (primary N) is 1. The standard InChI is InChI=1S/C18H36N4O2/c1-4-18(5-2)15(14-16(18)24-6-3)21-17(19)20-8-7-9-22-10-12-23-13-11-22/h15-16H,4-14H2,1-3H3,(H3,19,20,21). The smallest absolute Gasteiger partial charge is 0.188 e. The van der Waals surface area contributed by atoms with Gasteiger partial charge in [-0.25, -0.2) is 0 Å². The molecule has 0 radical (unpaired) electrons. The molecule has 3 N–H and O–H groups in total. The van der Waals surface area contributed by atoms with Crippen molar-refractivity contribution < 1.29 is 9.47 Å². The van der Waals surface area contributed by atoms with Crippen LogP contribution in [0, 0.1) is 5.41 Å². The first-order valence-corrected chi connectivity index (χ1v) is 9.64. The van der Waals surface area contributed by atoms with Crippen molar-refractivity contribution in [2.24, 2.45) is 16.1 Å². The summed E-state index contributed by atoms with van der Waals surface area (Å²) in [6.45, 7) is 13.0. The summed E-state index contributed by atoms with van der Waals surface area (Å²) in [5.74, 6) is 0.586. The Morgan fingerprint density at radius 3 is 2.62 bits per heavy atom. The first-order chi connectivity index (χ1) is 11.7. The van der Waals surface area contributed by atoms with Crippen molar-refractivity contribution in [2.45, 2.75) is 58.6 Å². The van der Waals surface area contributed by atoms with E-state index in [1.54, 1.807) is 0 Å². The van der Waals surface area contributed by atoms with Crippen LogP contribution in [-0.2, 0) is 9.47 Å². The van der Waals surface area contributed by atoms with Gasteiger partial charge in [0.1, 0.15) is 0 Å². The van der Waals surface area contributed by atoms with E-state index in [-0.39, 0.29) is 5.41 Å². The Labute approximate surface area is 147 Å². The fraction of sp³-hybridized carbons (Fsp3) is 0.944. The molecule has 2 unspecified atom stereocenters. The van der Waals surface area contributed by atoms with Gasteiger partial charge in [0.25, 0.3) is 0 Å². The van der Waals surface area contributed by atoms with Gasteiger partial charge in [0.15, 0.2) is 5.96 Å². The highest BCUT2D eigenvalue weighted by Gasteiger charge is 2.53. The number of nitrogens with zero attached hydrogens (tertiary/aromatic N) is 2. The average molecular weight is 341 g/mol. The second-order valence-electron chi connectivity index (χ2n) is 6.89. The quantitative estimate of drug-likeness (QED) is 0.379. The lowest BCUT2D eigenvalue weighted by Crippen LogP contribution is -2.65. The van der Waals surface area contributed by atoms with Crippen LogP contribution >= 0.6 is 0 Å². The lowest BCUT2D eigenvalue weighted by molar-refractivity contribution is -0.133. The van der Waals surface area contributed by atoms with Crippen LogP contribution in [0.2, 0.25) is 0 Å². The van der Waals surface area contributed by atoms with Gasteiger partial charge in [-0.3, -0.25) is 9.89 Å². The molecule has 1 aliphatic heterocycles. The molecule has 2 aliphatic rings. The topological polar surface area (TPSA) is 72.1 Å². The molecule has 2 fully saturated rings. The summed E-state index contributed by atoms with van der Waals surface area (Å²) >= 11 is 0. The molecule has 6 heteroatoms. The van der Waals surface area contributed by atoms with Crippen molar-refractivity contribution in [2.75, 3.05) is 46.0 Å². The monoisotopic (exact) mass is 340 g/mol. The Bertz CT molecular complexity index is 392. The number of morpholine rings is 1. The third-order valence-electron chi connectivity index (χ3n) is 5.81. The number of hydrogen-bond acceptors (Lipinski definition) is 4. The largest absolute Gasteiger partial charge is 0.379 e. The molecule has 1 saturated heterocycles. The highest BCUT2D eigenvalue weighted by molar-refractivity contribution is 5.78. The number of hydrogen-bond donors (Lipinski definition) is 2. The second kappa shape index (κ2) is 9.59. The first kappa shape index (κ1) is 19.5. The van der Waals surface area contributed by atoms with Gasteiger partial charge >= 0.3 is 0 Å². The van der Waals surface area contributed by atoms with E-state index >= 15 is 0 Å². The minimum atomic E-state index is 0.198. The summed E-state index contributed by atoms with van der Waals surface area (Å²) in [5.41, 5.74) is 6.32. The minimum Gasteiger partial charge on any atom is -0.379 e. The molecule has 24 heavy (non-hydrogen) atoms. The van der Waals surface area contributed by atoms with Crippen LogP contribution in [0.3, 0.4) is 0 Å². The number of guanidine groups is 1. The Morgan fingerprint density at radius 2 is 2.00 bits per heavy atom. The Hall–Kier alpha value is -0.850. The van der Waals surface area contributed by atoms with Crippen molar-refractivity contribution in [3.05, 3.63) is 0 Å². The molecular weight excluding hydrogens is 304 g/mol. The Morgan fingerprint density at radius 1 is 1.29 bits per heavy atom. The third-order valence-corrected chi connectivity index (χ3v) is 5.81. The SMILES string of the molecule is CCOC1CC(NC(N)=NCCCN2CCOCC2)C1(CC)CC. The van der Waals surface area contributed by atoms with Crippen LogP contribution in [0.15, 0.2) is 4.99 Å². The maximum absolute atomic E-state index is 6.12. The van der Waals surface area contributed by atoms with Crippen LogP contribution < -0.4 is 11.1 Å². The van der Waals surface area contributed by atoms with Crippen LogP contribution in [0.1, 0.15) is 46.5 Å². The fourth-order valence-electron chi connectivity index (χ4n) is 4.13. The van der Waals surface area contributed by atoms with E-state index in [1.807, 2.05) is 0 Å². The molecule has 0 aromatic carbocycles. The first-order valence-electron chi connectivity index (χ1n) is 9.64. The molecular formula is C18H36N4O2. The van der Waals surface area contributed by atoms with E-state index in [0.717, 1.165) is 71.7 Å². The maximum atomic E-state index is 6.12. The zero-order valence-corrected chi connectivity index (χ0v) is 15.7. The van der Waals surface area contributed by atoms with Crippen molar-refractivity contribution in [1.29, 1.82) is 0 Å². The number of aliphatic imine (C=N–C) groups is 1. The molecule has 0 amide bonds. The van der Waals surface area contributed by atoms with Crippen LogP contribution in [0.4, 0.5) is 0 Å². The van der Waals surface area contributed by atoms with Gasteiger partial charge in [-0.05, 0) is 32.6 Å². The van der Waals surface area contributed by atoms with E-state index in [0.29, 0.717) is 18.1 Å². The Kier molecular flexibility index (Phi) is 7.78. The lowest BCUT2D eigenvalue weighted by atomic mass is 9.58. The summed E-state index contributed by atoms with van der Waals surface area (Å²) in [6, 6.07) is 0.382. The third kappa shape index (κ3) is 4.61. The molecule has 0 aromatic heterocycles. The second-order valence-corrected chi connectivity index (χ2v) is 6.89. The molecule has 1 aliphatic carbocycles. The van der Waals surface area contributed by atoms with Crippen LogP contribution in [-0.4, -0.2) is 69.0 Å². The molecule has 0 aromatic rings. The van der Waals surface area contributed by atoms with E-state index in [1.165, 1.54) is 0 Å². The fourth-order valence-corrected chi connectivity index (χ4v) is 4.13. The highest BCUT2D eigenvalue weighted by Crippen LogP contribution is 2.48. The molecule has 140 valence electrons. The van der Waals surface area contributed by atoms with Gasteiger partial charge in [0.2, 0.25) is 0 Å². The summed E-state index contributed by atoms with van der Waals surface area (Å²) in [5, 5.41) is 3.45. The number of ether oxygens (including phenoxy) is 2. The van der Waals surface area contributed by atoms with E-state index in [9.17, 15) is 0 Å². The molecule has 0 bridgehead atoms. The van der Waals surface area contributed by atoms with Crippen LogP contribution in [0.5, 0.6) is 0 Å². The van der Waals surface area contributed by atoms with Crippen molar-refractivity contribution in [3.8, 4) is 0 Å². The van der Waals surface area contributed by atoms with Crippen molar-refractivity contribution >= 4 is 5.96 Å². The van der Waals surface area contributed by atoms with E-state index in [2.05, 4.69) is 36.0 Å². The number of rotatable bonds is 9. The Balaban J connectivity index is 1.73. The lowest BCUT2D eigenvalue weighted by Gasteiger charge is -2.55. The summed E-state index contributed by atoms with van der Waals surface area (Å²) < 4.78 is 11.3. The van der Waals surface area contributed by atoms with Crippen molar-refractivity contribution in [1.82, 2.24) is 10.2 Å². The van der Waals surface area contributed by atoms with Gasteiger partial charge < -0.3 is 20.5 Å².